The second-order valence-corrected chi connectivity index (χ2v) is 4.13. The maximum atomic E-state index is 11.0. The van der Waals surface area contributed by atoms with Crippen molar-refractivity contribution in [3.05, 3.63) is 41.7 Å². The number of rotatable bonds is 6. The Labute approximate surface area is 116 Å². The quantitative estimate of drug-likeness (QED) is 0.874. The van der Waals surface area contributed by atoms with Crippen LogP contribution in [0.5, 0.6) is 11.5 Å². The molecule has 0 aliphatic heterocycles. The zero-order chi connectivity index (χ0) is 14.5. The Balaban J connectivity index is 2.05. The van der Waals surface area contributed by atoms with Crippen LogP contribution >= 0.6 is 0 Å². The van der Waals surface area contributed by atoms with Crippen molar-refractivity contribution in [1.29, 1.82) is 0 Å². The molecule has 0 radical (unpaired) electrons. The summed E-state index contributed by atoms with van der Waals surface area (Å²) in [5.74, 6) is 0.404. The summed E-state index contributed by atoms with van der Waals surface area (Å²) in [6.45, 7) is 2.67. The summed E-state index contributed by atoms with van der Waals surface area (Å²) in [6, 6.07) is 7.17. The highest BCUT2D eigenvalue weighted by molar-refractivity contribution is 5.88. The molecule has 0 saturated carbocycles. The van der Waals surface area contributed by atoms with E-state index >= 15 is 0 Å². The number of carboxylic acids is 1. The van der Waals surface area contributed by atoms with Crippen molar-refractivity contribution in [2.75, 3.05) is 6.61 Å². The molecule has 6 nitrogen and oxygen atoms in total. The van der Waals surface area contributed by atoms with Crippen LogP contribution in [0.25, 0.3) is 0 Å². The number of carbonyl (C=O) groups is 1. The monoisotopic (exact) mass is 276 g/mol. The van der Waals surface area contributed by atoms with E-state index in [2.05, 4.69) is 5.10 Å². The highest BCUT2D eigenvalue weighted by Crippen LogP contribution is 2.19. The van der Waals surface area contributed by atoms with Gasteiger partial charge in [-0.1, -0.05) is 0 Å². The fraction of sp³-hybridized carbons (Fsp3) is 0.286. The number of benzene rings is 1. The van der Waals surface area contributed by atoms with Crippen molar-refractivity contribution in [3.8, 4) is 11.5 Å². The van der Waals surface area contributed by atoms with E-state index in [-0.39, 0.29) is 12.2 Å². The van der Waals surface area contributed by atoms with Gasteiger partial charge in [0.1, 0.15) is 23.7 Å². The van der Waals surface area contributed by atoms with Gasteiger partial charge >= 0.3 is 5.97 Å². The Hall–Kier alpha value is -2.50. The predicted octanol–water partition coefficient (Wildman–Crippen LogP) is 2.10. The maximum absolute atomic E-state index is 11.0. The SMILES string of the molecule is CCOc1ccc(OCc2c(C(=O)O)cnn2C)cc1. The zero-order valence-corrected chi connectivity index (χ0v) is 11.4. The van der Waals surface area contributed by atoms with Crippen LogP contribution in [-0.2, 0) is 13.7 Å². The minimum Gasteiger partial charge on any atom is -0.494 e. The molecule has 6 heteroatoms. The molecule has 0 aliphatic carbocycles. The third kappa shape index (κ3) is 3.09. The van der Waals surface area contributed by atoms with Crippen LogP contribution in [0.1, 0.15) is 23.0 Å². The molecule has 0 unspecified atom stereocenters. The summed E-state index contributed by atoms with van der Waals surface area (Å²) in [6.07, 6.45) is 1.32. The molecule has 1 aromatic heterocycles. The molecule has 1 aromatic carbocycles. The number of hydrogen-bond acceptors (Lipinski definition) is 4. The van der Waals surface area contributed by atoms with E-state index in [1.54, 1.807) is 31.3 Å². The maximum Gasteiger partial charge on any atom is 0.339 e. The lowest BCUT2D eigenvalue weighted by Crippen LogP contribution is -2.08. The third-order valence-electron chi connectivity index (χ3n) is 2.80. The average Bonchev–Trinajstić information content (AvgIpc) is 2.80. The van der Waals surface area contributed by atoms with E-state index in [0.717, 1.165) is 5.75 Å². The largest absolute Gasteiger partial charge is 0.494 e. The molecule has 0 bridgehead atoms. The van der Waals surface area contributed by atoms with Crippen LogP contribution in [0.2, 0.25) is 0 Å². The number of hydrogen-bond donors (Lipinski definition) is 1. The van der Waals surface area contributed by atoms with Crippen molar-refractivity contribution in [2.24, 2.45) is 7.05 Å². The number of aromatic carboxylic acids is 1. The van der Waals surface area contributed by atoms with Gasteiger partial charge in [-0.25, -0.2) is 4.79 Å². The Bertz CT molecular complexity index is 590. The lowest BCUT2D eigenvalue weighted by atomic mass is 10.2. The van der Waals surface area contributed by atoms with Gasteiger partial charge in [0.05, 0.1) is 18.5 Å². The van der Waals surface area contributed by atoms with E-state index in [9.17, 15) is 4.79 Å². The summed E-state index contributed by atoms with van der Waals surface area (Å²) < 4.78 is 12.4. The first-order valence-corrected chi connectivity index (χ1v) is 6.21. The molecule has 0 amide bonds. The number of aromatic nitrogens is 2. The minimum absolute atomic E-state index is 0.145. The average molecular weight is 276 g/mol. The molecule has 106 valence electrons. The molecule has 1 heterocycles. The topological polar surface area (TPSA) is 73.6 Å². The van der Waals surface area contributed by atoms with Gasteiger partial charge in [-0.05, 0) is 31.2 Å². The Kier molecular flexibility index (Phi) is 4.24. The first-order valence-electron chi connectivity index (χ1n) is 6.21. The molecule has 0 fully saturated rings. The highest BCUT2D eigenvalue weighted by atomic mass is 16.5. The number of nitrogens with zero attached hydrogens (tertiary/aromatic N) is 2. The minimum atomic E-state index is -1.01. The molecule has 0 saturated heterocycles. The molecular weight excluding hydrogens is 260 g/mol. The summed E-state index contributed by atoms with van der Waals surface area (Å²) in [4.78, 5) is 11.0. The van der Waals surface area contributed by atoms with Crippen molar-refractivity contribution < 1.29 is 19.4 Å². The first kappa shape index (κ1) is 13.9. The van der Waals surface area contributed by atoms with E-state index in [4.69, 9.17) is 14.6 Å². The molecule has 0 aliphatic rings. The molecule has 20 heavy (non-hydrogen) atoms. The third-order valence-corrected chi connectivity index (χ3v) is 2.80. The number of ether oxygens (including phenoxy) is 2. The Morgan fingerprint density at radius 3 is 2.40 bits per heavy atom. The van der Waals surface area contributed by atoms with Crippen LogP contribution in [-0.4, -0.2) is 27.5 Å². The van der Waals surface area contributed by atoms with E-state index in [0.29, 0.717) is 18.1 Å². The van der Waals surface area contributed by atoms with Gasteiger partial charge in [0.15, 0.2) is 0 Å². The van der Waals surface area contributed by atoms with Gasteiger partial charge in [0, 0.05) is 7.05 Å². The van der Waals surface area contributed by atoms with Crippen LogP contribution < -0.4 is 9.47 Å². The summed E-state index contributed by atoms with van der Waals surface area (Å²) >= 11 is 0. The van der Waals surface area contributed by atoms with E-state index in [1.165, 1.54) is 10.9 Å². The normalized spacial score (nSPS) is 10.3. The highest BCUT2D eigenvalue weighted by Gasteiger charge is 2.15. The molecule has 1 N–H and O–H groups in total. The first-order chi connectivity index (χ1) is 9.61. The van der Waals surface area contributed by atoms with Crippen molar-refractivity contribution >= 4 is 5.97 Å². The van der Waals surface area contributed by atoms with Gasteiger partial charge in [-0.2, -0.15) is 5.10 Å². The van der Waals surface area contributed by atoms with Crippen molar-refractivity contribution in [1.82, 2.24) is 9.78 Å². The fourth-order valence-corrected chi connectivity index (χ4v) is 1.76. The molecule has 0 spiro atoms. The van der Waals surface area contributed by atoms with E-state index < -0.39 is 5.97 Å². The lowest BCUT2D eigenvalue weighted by Gasteiger charge is -2.08. The Morgan fingerprint density at radius 1 is 1.25 bits per heavy atom. The lowest BCUT2D eigenvalue weighted by molar-refractivity contribution is 0.0693. The van der Waals surface area contributed by atoms with Gasteiger partial charge in [-0.3, -0.25) is 4.68 Å². The fourth-order valence-electron chi connectivity index (χ4n) is 1.76. The number of carboxylic acid groups (broad SMARTS) is 1. The van der Waals surface area contributed by atoms with Gasteiger partial charge in [-0.15, -0.1) is 0 Å². The Morgan fingerprint density at radius 2 is 1.85 bits per heavy atom. The van der Waals surface area contributed by atoms with Crippen molar-refractivity contribution in [2.45, 2.75) is 13.5 Å². The van der Waals surface area contributed by atoms with Crippen LogP contribution in [0.4, 0.5) is 0 Å². The smallest absolute Gasteiger partial charge is 0.339 e. The van der Waals surface area contributed by atoms with Crippen LogP contribution in [0, 0.1) is 0 Å². The van der Waals surface area contributed by atoms with Gasteiger partial charge in [0.25, 0.3) is 0 Å². The summed E-state index contributed by atoms with van der Waals surface area (Å²) in [5, 5.41) is 13.0. The van der Waals surface area contributed by atoms with Crippen LogP contribution in [0.3, 0.4) is 0 Å². The summed E-state index contributed by atoms with van der Waals surface area (Å²) in [5.41, 5.74) is 0.671. The molecular formula is C14H16N2O4. The second-order valence-electron chi connectivity index (χ2n) is 4.13. The van der Waals surface area contributed by atoms with Crippen LogP contribution in [0.15, 0.2) is 30.5 Å². The molecule has 2 rings (SSSR count). The molecule has 2 aromatic rings. The van der Waals surface area contributed by atoms with Gasteiger partial charge in [0.2, 0.25) is 0 Å². The predicted molar refractivity (Wildman–Crippen MR) is 72.1 cm³/mol. The van der Waals surface area contributed by atoms with E-state index in [1.807, 2.05) is 6.92 Å². The van der Waals surface area contributed by atoms with Gasteiger partial charge < -0.3 is 14.6 Å². The standard InChI is InChI=1S/C14H16N2O4/c1-3-19-10-4-6-11(7-5-10)20-9-13-12(14(17)18)8-15-16(13)2/h4-8H,3,9H2,1-2H3,(H,17,18). The summed E-state index contributed by atoms with van der Waals surface area (Å²) in [7, 11) is 1.68. The zero-order valence-electron chi connectivity index (χ0n) is 11.4. The number of aryl methyl sites for hydroxylation is 1. The second kappa shape index (κ2) is 6.10. The molecule has 0 atom stereocenters. The van der Waals surface area contributed by atoms with Crippen molar-refractivity contribution in [3.63, 3.8) is 0 Å².